The van der Waals surface area contributed by atoms with Crippen molar-refractivity contribution in [1.82, 2.24) is 0 Å². The van der Waals surface area contributed by atoms with Crippen molar-refractivity contribution in [3.8, 4) is 0 Å². The number of rotatable bonds is 7. The molecule has 1 aromatic heterocycles. The molecule has 1 unspecified atom stereocenters. The lowest BCUT2D eigenvalue weighted by Gasteiger charge is -2.14. The minimum absolute atomic E-state index is 0.238. The van der Waals surface area contributed by atoms with Gasteiger partial charge in [0, 0.05) is 17.4 Å². The van der Waals surface area contributed by atoms with Crippen molar-refractivity contribution in [3.05, 3.63) is 130 Å². The second-order valence-electron chi connectivity index (χ2n) is 10.2. The molecule has 0 saturated heterocycles. The van der Waals surface area contributed by atoms with Crippen molar-refractivity contribution in [3.63, 3.8) is 0 Å². The molecule has 0 aliphatic carbocycles. The molecule has 0 saturated carbocycles. The normalized spacial score (nSPS) is 22.5. The Hall–Kier alpha value is -3.98. The van der Waals surface area contributed by atoms with Gasteiger partial charge in [-0.3, -0.25) is 0 Å². The van der Waals surface area contributed by atoms with E-state index >= 15 is 0 Å². The smallest absolute Gasteiger partial charge is 0.134 e. The lowest BCUT2D eigenvalue weighted by atomic mass is 9.94. The monoisotopic (exact) mass is 520 g/mol. The molecule has 3 nitrogen and oxygen atoms in total. The summed E-state index contributed by atoms with van der Waals surface area (Å²) in [4.78, 5) is 0. The first kappa shape index (κ1) is 28.0. The van der Waals surface area contributed by atoms with Crippen LogP contribution in [0, 0.1) is 5.92 Å². The first-order valence-electron chi connectivity index (χ1n) is 13.8. The van der Waals surface area contributed by atoms with E-state index in [1.54, 1.807) is 6.26 Å². The van der Waals surface area contributed by atoms with Crippen LogP contribution in [0.3, 0.4) is 0 Å². The number of hydrogen-bond acceptors (Lipinski definition) is 3. The van der Waals surface area contributed by atoms with Crippen molar-refractivity contribution in [2.45, 2.75) is 54.4 Å². The molecule has 2 aliphatic rings. The third-order valence-corrected chi connectivity index (χ3v) is 7.27. The van der Waals surface area contributed by atoms with Crippen LogP contribution in [0.5, 0.6) is 0 Å². The van der Waals surface area contributed by atoms with Gasteiger partial charge in [-0.1, -0.05) is 56.9 Å². The summed E-state index contributed by atoms with van der Waals surface area (Å²) in [5, 5.41) is 1.11. The zero-order chi connectivity index (χ0) is 27.9. The maximum Gasteiger partial charge on any atom is 0.134 e. The first-order chi connectivity index (χ1) is 18.8. The fourth-order valence-corrected chi connectivity index (χ4v) is 4.93. The molecule has 1 atom stereocenters. The first-order valence-corrected chi connectivity index (χ1v) is 13.8. The maximum absolute atomic E-state index is 6.38. The van der Waals surface area contributed by atoms with Gasteiger partial charge in [0.1, 0.15) is 23.7 Å². The summed E-state index contributed by atoms with van der Waals surface area (Å²) in [5.41, 5.74) is 8.71. The van der Waals surface area contributed by atoms with E-state index in [1.165, 1.54) is 16.7 Å². The van der Waals surface area contributed by atoms with Crippen LogP contribution in [0.25, 0.3) is 22.6 Å². The van der Waals surface area contributed by atoms with Crippen LogP contribution in [-0.4, -0.2) is 6.61 Å². The highest BCUT2D eigenvalue weighted by molar-refractivity contribution is 5.92. The minimum Gasteiger partial charge on any atom is -0.494 e. The SMILES string of the molecule is C=C(/C=C\C1=C(/C)C(C)Cc2oc3ccc(C(/C=C\C)=C/CC)cc3c2/C=C/O1)C(/C=C1/C=C(C)OC1)=C/C. The van der Waals surface area contributed by atoms with Crippen LogP contribution < -0.4 is 0 Å². The Morgan fingerprint density at radius 3 is 2.67 bits per heavy atom. The van der Waals surface area contributed by atoms with Gasteiger partial charge >= 0.3 is 0 Å². The van der Waals surface area contributed by atoms with Crippen molar-refractivity contribution in [1.29, 1.82) is 0 Å². The van der Waals surface area contributed by atoms with Gasteiger partial charge < -0.3 is 13.9 Å². The summed E-state index contributed by atoms with van der Waals surface area (Å²) >= 11 is 0. The quantitative estimate of drug-likeness (QED) is 0.340. The standard InChI is InChI=1S/C36H40O3/c1-8-11-30(12-9-2)31-14-16-35-33(22-31)32-17-18-37-34(27(7)25(5)19-36(32)39-35)15-13-24(4)29(10-3)21-28-20-26(6)38-23-28/h8,10-18,20-22,25H,4,9,19,23H2,1-3,5-7H3/b11-8-,15-13-,18-17+,28-21-,29-10+,30-12+,34-27-. The van der Waals surface area contributed by atoms with Crippen molar-refractivity contribution in [2.75, 3.05) is 6.61 Å². The van der Waals surface area contributed by atoms with Gasteiger partial charge in [-0.25, -0.2) is 0 Å². The van der Waals surface area contributed by atoms with Crippen LogP contribution in [-0.2, 0) is 15.9 Å². The molecule has 3 heterocycles. The fraction of sp³-hybridized carbons (Fsp3) is 0.278. The van der Waals surface area contributed by atoms with Crippen LogP contribution in [0.2, 0.25) is 0 Å². The molecule has 4 rings (SSSR count). The molecule has 0 bridgehead atoms. The van der Waals surface area contributed by atoms with E-state index in [2.05, 4.69) is 88.9 Å². The molecule has 1 aromatic carbocycles. The minimum atomic E-state index is 0.238. The Bertz CT molecular complexity index is 1490. The molecule has 2 aromatic rings. The predicted molar refractivity (Wildman–Crippen MR) is 165 cm³/mol. The highest BCUT2D eigenvalue weighted by Crippen LogP contribution is 2.34. The van der Waals surface area contributed by atoms with Gasteiger partial charge in [0.25, 0.3) is 0 Å². The zero-order valence-corrected chi connectivity index (χ0v) is 24.1. The third kappa shape index (κ3) is 6.54. The van der Waals surface area contributed by atoms with E-state index in [0.717, 1.165) is 63.4 Å². The average Bonchev–Trinajstić information content (AvgIpc) is 3.50. The van der Waals surface area contributed by atoms with Gasteiger partial charge in [-0.05, 0) is 110 Å². The lowest BCUT2D eigenvalue weighted by molar-refractivity contribution is 0.263. The number of allylic oxidation sites excluding steroid dienone is 12. The van der Waals surface area contributed by atoms with Crippen LogP contribution in [0.1, 0.15) is 64.9 Å². The third-order valence-electron chi connectivity index (χ3n) is 7.27. The summed E-state index contributed by atoms with van der Waals surface area (Å²) in [7, 11) is 0. The highest BCUT2D eigenvalue weighted by atomic mass is 16.5. The van der Waals surface area contributed by atoms with Gasteiger partial charge in [-0.15, -0.1) is 0 Å². The van der Waals surface area contributed by atoms with Gasteiger partial charge in [0.2, 0.25) is 0 Å². The molecule has 39 heavy (non-hydrogen) atoms. The van der Waals surface area contributed by atoms with Gasteiger partial charge in [-0.2, -0.15) is 0 Å². The predicted octanol–water partition coefficient (Wildman–Crippen LogP) is 10.2. The van der Waals surface area contributed by atoms with Crippen LogP contribution in [0.15, 0.2) is 118 Å². The molecule has 202 valence electrons. The Kier molecular flexibility index (Phi) is 9.14. The number of hydrogen-bond donors (Lipinski definition) is 0. The van der Waals surface area contributed by atoms with Gasteiger partial charge in [0.15, 0.2) is 0 Å². The lowest BCUT2D eigenvalue weighted by Crippen LogP contribution is -2.04. The van der Waals surface area contributed by atoms with Crippen molar-refractivity contribution < 1.29 is 13.9 Å². The molecule has 0 amide bonds. The average molecular weight is 521 g/mol. The van der Waals surface area contributed by atoms with Gasteiger partial charge in [0.05, 0.1) is 12.0 Å². The summed E-state index contributed by atoms with van der Waals surface area (Å²) in [6, 6.07) is 6.46. The van der Waals surface area contributed by atoms with E-state index in [1.807, 2.05) is 32.1 Å². The highest BCUT2D eigenvalue weighted by Gasteiger charge is 2.20. The Balaban J connectivity index is 1.61. The number of ether oxygens (including phenoxy) is 2. The van der Waals surface area contributed by atoms with Crippen LogP contribution in [0.4, 0.5) is 0 Å². The van der Waals surface area contributed by atoms with E-state index in [0.29, 0.717) is 6.61 Å². The molecule has 0 radical (unpaired) electrons. The number of benzene rings is 1. The molecular formula is C36H40O3. The molecule has 3 heteroatoms. The summed E-state index contributed by atoms with van der Waals surface area (Å²) in [5.74, 6) is 3.00. The Labute approximate surface area is 233 Å². The summed E-state index contributed by atoms with van der Waals surface area (Å²) in [6.45, 7) is 17.5. The molecule has 0 fully saturated rings. The Morgan fingerprint density at radius 1 is 1.15 bits per heavy atom. The summed E-state index contributed by atoms with van der Waals surface area (Å²) < 4.78 is 18.2. The molecule has 0 N–H and O–H groups in total. The van der Waals surface area contributed by atoms with E-state index < -0.39 is 0 Å². The second kappa shape index (κ2) is 12.7. The van der Waals surface area contributed by atoms with Crippen LogP contribution >= 0.6 is 0 Å². The van der Waals surface area contributed by atoms with Crippen molar-refractivity contribution >= 4 is 22.6 Å². The molecular weight excluding hydrogens is 480 g/mol. The van der Waals surface area contributed by atoms with E-state index in [9.17, 15) is 0 Å². The zero-order valence-electron chi connectivity index (χ0n) is 24.1. The molecule has 0 spiro atoms. The van der Waals surface area contributed by atoms with E-state index in [-0.39, 0.29) is 5.92 Å². The van der Waals surface area contributed by atoms with Crippen molar-refractivity contribution in [2.24, 2.45) is 5.92 Å². The summed E-state index contributed by atoms with van der Waals surface area (Å²) in [6.07, 6.45) is 22.4. The largest absolute Gasteiger partial charge is 0.494 e. The second-order valence-corrected chi connectivity index (χ2v) is 10.2. The maximum atomic E-state index is 6.38. The number of furan rings is 1. The topological polar surface area (TPSA) is 31.6 Å². The number of fused-ring (bicyclic) bond motifs is 3. The fourth-order valence-electron chi connectivity index (χ4n) is 4.93. The molecule has 2 aliphatic heterocycles. The Morgan fingerprint density at radius 2 is 1.97 bits per heavy atom. The van der Waals surface area contributed by atoms with E-state index in [4.69, 9.17) is 13.9 Å².